The van der Waals surface area contributed by atoms with Gasteiger partial charge in [-0.15, -0.1) is 0 Å². The summed E-state index contributed by atoms with van der Waals surface area (Å²) in [6.07, 6.45) is 4.43. The second-order valence-electron chi connectivity index (χ2n) is 9.36. The molecule has 1 aromatic heterocycles. The van der Waals surface area contributed by atoms with E-state index in [-0.39, 0.29) is 29.1 Å². The van der Waals surface area contributed by atoms with E-state index in [2.05, 4.69) is 15.2 Å². The number of likely N-dealkylation sites (tertiary alicyclic amines) is 1. The van der Waals surface area contributed by atoms with Crippen LogP contribution in [0.15, 0.2) is 58.2 Å². The van der Waals surface area contributed by atoms with Gasteiger partial charge in [0.2, 0.25) is 15.9 Å². The van der Waals surface area contributed by atoms with E-state index in [9.17, 15) is 18.0 Å². The smallest absolute Gasteiger partial charge is 0.325 e. The lowest BCUT2D eigenvalue weighted by Gasteiger charge is -2.32. The van der Waals surface area contributed by atoms with Crippen molar-refractivity contribution in [1.29, 1.82) is 0 Å². The molecule has 3 aromatic rings. The maximum absolute atomic E-state index is 12.8. The van der Waals surface area contributed by atoms with Crippen molar-refractivity contribution >= 4 is 32.7 Å². The van der Waals surface area contributed by atoms with Crippen LogP contribution < -0.4 is 11.0 Å². The normalized spacial score (nSPS) is 18.6. The van der Waals surface area contributed by atoms with Gasteiger partial charge in [0.05, 0.1) is 22.5 Å². The number of carbonyl (C=O) groups excluding carboxylic acids is 1. The van der Waals surface area contributed by atoms with Crippen LogP contribution in [-0.4, -0.2) is 65.8 Å². The predicted molar refractivity (Wildman–Crippen MR) is 135 cm³/mol. The molecular formula is C25H31N5O4S. The van der Waals surface area contributed by atoms with Gasteiger partial charge in [-0.1, -0.05) is 18.6 Å². The van der Waals surface area contributed by atoms with E-state index >= 15 is 0 Å². The molecule has 5 rings (SSSR count). The zero-order valence-electron chi connectivity index (χ0n) is 19.7. The minimum absolute atomic E-state index is 0.0897. The lowest BCUT2D eigenvalue weighted by molar-refractivity contribution is -0.117. The van der Waals surface area contributed by atoms with Crippen molar-refractivity contribution in [2.45, 2.75) is 43.0 Å². The number of nitrogens with one attached hydrogen (secondary N) is 2. The summed E-state index contributed by atoms with van der Waals surface area (Å²) in [6.45, 7) is 2.82. The molecule has 0 atom stereocenters. The highest BCUT2D eigenvalue weighted by Gasteiger charge is 2.26. The molecule has 2 aliphatic heterocycles. The van der Waals surface area contributed by atoms with Gasteiger partial charge in [-0.3, -0.25) is 14.3 Å². The van der Waals surface area contributed by atoms with Gasteiger partial charge in [0.15, 0.2) is 0 Å². The second-order valence-corrected chi connectivity index (χ2v) is 11.3. The number of hydrogen-bond acceptors (Lipinski definition) is 5. The highest BCUT2D eigenvalue weighted by atomic mass is 32.2. The van der Waals surface area contributed by atoms with E-state index < -0.39 is 10.0 Å². The molecule has 186 valence electrons. The van der Waals surface area contributed by atoms with Gasteiger partial charge in [-0.05, 0) is 62.1 Å². The third-order valence-corrected chi connectivity index (χ3v) is 8.92. The Morgan fingerprint density at radius 1 is 0.943 bits per heavy atom. The van der Waals surface area contributed by atoms with Gasteiger partial charge in [0.25, 0.3) is 0 Å². The van der Waals surface area contributed by atoms with Crippen LogP contribution in [0.2, 0.25) is 0 Å². The molecule has 2 fully saturated rings. The van der Waals surface area contributed by atoms with Crippen LogP contribution >= 0.6 is 0 Å². The first-order valence-electron chi connectivity index (χ1n) is 12.2. The first kappa shape index (κ1) is 23.8. The van der Waals surface area contributed by atoms with Crippen LogP contribution in [0.5, 0.6) is 0 Å². The molecule has 0 radical (unpaired) electrons. The van der Waals surface area contributed by atoms with Gasteiger partial charge < -0.3 is 10.3 Å². The summed E-state index contributed by atoms with van der Waals surface area (Å²) < 4.78 is 29.0. The number of amides is 1. The Kier molecular flexibility index (Phi) is 6.77. The summed E-state index contributed by atoms with van der Waals surface area (Å²) in [6, 6.07) is 14.2. The summed E-state index contributed by atoms with van der Waals surface area (Å²) in [5.74, 6) is -0.139. The zero-order valence-corrected chi connectivity index (χ0v) is 20.5. The lowest BCUT2D eigenvalue weighted by Crippen LogP contribution is -2.41. The summed E-state index contributed by atoms with van der Waals surface area (Å²) >= 11 is 0. The molecule has 0 aliphatic carbocycles. The Balaban J connectivity index is 1.15. The van der Waals surface area contributed by atoms with E-state index in [1.54, 1.807) is 24.3 Å². The fraction of sp³-hybridized carbons (Fsp3) is 0.440. The number of anilines is 1. The molecule has 0 unspecified atom stereocenters. The summed E-state index contributed by atoms with van der Waals surface area (Å²) in [5, 5.41) is 2.87. The fourth-order valence-electron chi connectivity index (χ4n) is 5.14. The average Bonchev–Trinajstić information content (AvgIpc) is 3.21. The van der Waals surface area contributed by atoms with Crippen molar-refractivity contribution in [3.8, 4) is 0 Å². The number of hydrogen-bond donors (Lipinski definition) is 2. The number of imidazole rings is 1. The number of carbonyl (C=O) groups is 1. The second kappa shape index (κ2) is 9.96. The van der Waals surface area contributed by atoms with E-state index in [1.165, 1.54) is 4.31 Å². The van der Waals surface area contributed by atoms with E-state index in [0.29, 0.717) is 18.8 Å². The SMILES string of the molecule is O=C(CN1CCC(n2c(=O)[nH]c3ccccc32)CC1)Nc1ccc(S(=O)(=O)N2CCCCC2)cc1. The molecule has 1 amide bonds. The van der Waals surface area contributed by atoms with Gasteiger partial charge in [0, 0.05) is 37.9 Å². The average molecular weight is 498 g/mol. The monoisotopic (exact) mass is 497 g/mol. The highest BCUT2D eigenvalue weighted by Crippen LogP contribution is 2.25. The summed E-state index contributed by atoms with van der Waals surface area (Å²) in [7, 11) is -3.48. The molecular weight excluding hydrogens is 466 g/mol. The third kappa shape index (κ3) is 5.05. The molecule has 2 N–H and O–H groups in total. The molecule has 2 aromatic carbocycles. The van der Waals surface area contributed by atoms with Crippen molar-refractivity contribution in [1.82, 2.24) is 18.8 Å². The maximum atomic E-state index is 12.8. The number of rotatable bonds is 6. The van der Waals surface area contributed by atoms with E-state index in [0.717, 1.165) is 56.2 Å². The number of fused-ring (bicyclic) bond motifs is 1. The van der Waals surface area contributed by atoms with Gasteiger partial charge >= 0.3 is 5.69 Å². The minimum Gasteiger partial charge on any atom is -0.325 e. The first-order chi connectivity index (χ1) is 16.9. The van der Waals surface area contributed by atoms with Crippen LogP contribution in [0.4, 0.5) is 5.69 Å². The largest absolute Gasteiger partial charge is 0.326 e. The van der Waals surface area contributed by atoms with Crippen LogP contribution in [0.1, 0.15) is 38.1 Å². The molecule has 0 bridgehead atoms. The highest BCUT2D eigenvalue weighted by molar-refractivity contribution is 7.89. The number of piperidine rings is 2. The van der Waals surface area contributed by atoms with Gasteiger partial charge in [0.1, 0.15) is 0 Å². The van der Waals surface area contributed by atoms with Crippen molar-refractivity contribution in [2.75, 3.05) is 38.0 Å². The predicted octanol–water partition coefficient (Wildman–Crippen LogP) is 2.78. The van der Waals surface area contributed by atoms with Crippen molar-refractivity contribution < 1.29 is 13.2 Å². The quantitative estimate of drug-likeness (QED) is 0.545. The molecule has 2 aliphatic rings. The summed E-state index contributed by atoms with van der Waals surface area (Å²) in [5.41, 5.74) is 2.24. The van der Waals surface area contributed by atoms with Crippen LogP contribution in [0.25, 0.3) is 11.0 Å². The molecule has 10 heteroatoms. The third-order valence-electron chi connectivity index (χ3n) is 7.00. The molecule has 3 heterocycles. The number of aromatic nitrogens is 2. The Morgan fingerprint density at radius 3 is 2.34 bits per heavy atom. The Morgan fingerprint density at radius 2 is 1.63 bits per heavy atom. The fourth-order valence-corrected chi connectivity index (χ4v) is 6.66. The maximum Gasteiger partial charge on any atom is 0.326 e. The number of para-hydroxylation sites is 2. The number of sulfonamides is 1. The van der Waals surface area contributed by atoms with Gasteiger partial charge in [-0.25, -0.2) is 13.2 Å². The lowest BCUT2D eigenvalue weighted by atomic mass is 10.0. The van der Waals surface area contributed by atoms with Gasteiger partial charge in [-0.2, -0.15) is 4.31 Å². The molecule has 2 saturated heterocycles. The number of aromatic amines is 1. The van der Waals surface area contributed by atoms with E-state index in [1.807, 2.05) is 28.8 Å². The van der Waals surface area contributed by atoms with Crippen LogP contribution in [0, 0.1) is 0 Å². The Labute approximate surface area is 204 Å². The van der Waals surface area contributed by atoms with Crippen molar-refractivity contribution in [2.24, 2.45) is 0 Å². The molecule has 0 spiro atoms. The number of nitrogens with zero attached hydrogens (tertiary/aromatic N) is 3. The molecule has 35 heavy (non-hydrogen) atoms. The Hall–Kier alpha value is -2.95. The Bertz CT molecular complexity index is 1350. The molecule has 0 saturated carbocycles. The summed E-state index contributed by atoms with van der Waals surface area (Å²) in [4.78, 5) is 30.3. The topological polar surface area (TPSA) is 108 Å². The van der Waals surface area contributed by atoms with E-state index in [4.69, 9.17) is 0 Å². The minimum atomic E-state index is -3.48. The first-order valence-corrected chi connectivity index (χ1v) is 13.7. The van der Waals surface area contributed by atoms with Crippen LogP contribution in [0.3, 0.4) is 0 Å². The van der Waals surface area contributed by atoms with Crippen molar-refractivity contribution in [3.63, 3.8) is 0 Å². The molecule has 9 nitrogen and oxygen atoms in total. The zero-order chi connectivity index (χ0) is 24.4. The number of benzene rings is 2. The number of H-pyrrole nitrogens is 1. The standard InChI is InChI=1S/C25H31N5O4S/c31-24(26-19-8-10-21(11-9-19)35(33,34)29-14-4-1-5-15-29)18-28-16-12-20(13-17-28)30-23-7-3-2-6-22(23)27-25(30)32/h2-3,6-11,20H,1,4-5,12-18H2,(H,26,31)(H,27,32). The van der Waals surface area contributed by atoms with Crippen LogP contribution in [-0.2, 0) is 14.8 Å². The van der Waals surface area contributed by atoms with Crippen molar-refractivity contribution in [3.05, 3.63) is 59.0 Å².